The molecule has 12 nitrogen and oxygen atoms in total. The predicted molar refractivity (Wildman–Crippen MR) is 189 cm³/mol. The van der Waals surface area contributed by atoms with Crippen molar-refractivity contribution in [3.8, 4) is 0 Å². The number of nitrogens with zero attached hydrogens (tertiary/aromatic N) is 3. The summed E-state index contributed by atoms with van der Waals surface area (Å²) in [7, 11) is 3.13. The monoisotopic (exact) mass is 705 g/mol. The van der Waals surface area contributed by atoms with Crippen LogP contribution in [0.1, 0.15) is 127 Å². The number of rotatable bonds is 16. The standard InChI is InChI=1S/C36H59N5O7S/c1-9-10-18-41-19-12-11-13-28(41)33(44)39-31(23(4)5)35(45)40(7)29(22(2)3)20-30(48-24(6)42)34-38-27(21-49-34)32(43)37-26-16-14-25(15-17-26)36(46)47-8/h21-23,25-26,28-31H,9-20H2,1-8H3,(H,37,43)(H,39,44)/t25?,26?,28-,29-,30-,31+/m1/s1. The Morgan fingerprint density at radius 2 is 1.73 bits per heavy atom. The summed E-state index contributed by atoms with van der Waals surface area (Å²) >= 11 is 1.24. The molecule has 1 aromatic heterocycles. The first-order valence-corrected chi connectivity index (χ1v) is 19.0. The molecule has 0 aromatic carbocycles. The van der Waals surface area contributed by atoms with Gasteiger partial charge >= 0.3 is 11.9 Å². The van der Waals surface area contributed by atoms with Crippen LogP contribution in [0.25, 0.3) is 0 Å². The van der Waals surface area contributed by atoms with Crippen LogP contribution in [-0.4, -0.2) is 95.9 Å². The number of likely N-dealkylation sites (N-methyl/N-ethyl adjacent to an activating group) is 1. The number of unbranched alkanes of at least 4 members (excludes halogenated alkanes) is 1. The van der Waals surface area contributed by atoms with Crippen molar-refractivity contribution in [2.75, 3.05) is 27.2 Å². The summed E-state index contributed by atoms with van der Waals surface area (Å²) in [6, 6.07) is -1.37. The molecule has 2 aliphatic rings. The number of hydrogen-bond acceptors (Lipinski definition) is 10. The molecule has 4 atom stereocenters. The second-order valence-corrected chi connectivity index (χ2v) is 15.2. The van der Waals surface area contributed by atoms with Crippen LogP contribution in [0.4, 0.5) is 0 Å². The number of esters is 2. The van der Waals surface area contributed by atoms with Crippen molar-refractivity contribution in [3.05, 3.63) is 16.1 Å². The number of likely N-dealkylation sites (tertiary alicyclic amines) is 1. The van der Waals surface area contributed by atoms with E-state index in [1.165, 1.54) is 25.4 Å². The van der Waals surface area contributed by atoms with Gasteiger partial charge in [0.15, 0.2) is 6.10 Å². The van der Waals surface area contributed by atoms with E-state index >= 15 is 0 Å². The molecule has 13 heteroatoms. The highest BCUT2D eigenvalue weighted by Crippen LogP contribution is 2.31. The molecule has 49 heavy (non-hydrogen) atoms. The number of methoxy groups -OCH3 is 1. The van der Waals surface area contributed by atoms with Crippen LogP contribution in [0.5, 0.6) is 0 Å². The van der Waals surface area contributed by atoms with Crippen molar-refractivity contribution in [2.24, 2.45) is 17.8 Å². The number of hydrogen-bond donors (Lipinski definition) is 2. The Morgan fingerprint density at radius 1 is 1.04 bits per heavy atom. The third kappa shape index (κ3) is 11.5. The molecule has 0 spiro atoms. The topological polar surface area (TPSA) is 147 Å². The number of ether oxygens (including phenoxy) is 2. The Balaban J connectivity index is 1.71. The van der Waals surface area contributed by atoms with Crippen LogP contribution < -0.4 is 10.6 Å². The molecular formula is C36H59N5O7S. The van der Waals surface area contributed by atoms with Gasteiger partial charge in [-0.3, -0.25) is 28.9 Å². The maximum atomic E-state index is 14.1. The molecule has 3 rings (SSSR count). The van der Waals surface area contributed by atoms with Crippen molar-refractivity contribution >= 4 is 41.0 Å². The van der Waals surface area contributed by atoms with Crippen LogP contribution in [0, 0.1) is 17.8 Å². The minimum Gasteiger partial charge on any atom is -0.469 e. The molecule has 276 valence electrons. The van der Waals surface area contributed by atoms with Crippen molar-refractivity contribution in [3.63, 3.8) is 0 Å². The second kappa shape index (κ2) is 19.4. The van der Waals surface area contributed by atoms with E-state index in [1.54, 1.807) is 17.3 Å². The first-order valence-electron chi connectivity index (χ1n) is 18.1. The number of carbonyl (C=O) groups excluding carboxylic acids is 5. The summed E-state index contributed by atoms with van der Waals surface area (Å²) in [6.45, 7) is 13.1. The van der Waals surface area contributed by atoms with Gasteiger partial charge in [0, 0.05) is 37.9 Å². The normalized spacial score (nSPS) is 21.8. The fourth-order valence-electron chi connectivity index (χ4n) is 7.00. The number of nitrogens with one attached hydrogen (secondary N) is 2. The lowest BCUT2D eigenvalue weighted by Gasteiger charge is -2.38. The number of amides is 3. The Labute approximate surface area is 296 Å². The van der Waals surface area contributed by atoms with Crippen molar-refractivity contribution < 1.29 is 33.4 Å². The van der Waals surface area contributed by atoms with E-state index in [2.05, 4.69) is 27.4 Å². The molecule has 1 aromatic rings. The average Bonchev–Trinajstić information content (AvgIpc) is 3.57. The van der Waals surface area contributed by atoms with Gasteiger partial charge in [0.25, 0.3) is 5.91 Å². The van der Waals surface area contributed by atoms with E-state index in [0.717, 1.165) is 45.2 Å². The molecule has 1 aliphatic heterocycles. The lowest BCUT2D eigenvalue weighted by Crippen LogP contribution is -2.58. The van der Waals surface area contributed by atoms with E-state index in [4.69, 9.17) is 9.47 Å². The Kier molecular flexibility index (Phi) is 16.0. The van der Waals surface area contributed by atoms with E-state index in [9.17, 15) is 24.0 Å². The molecule has 1 saturated heterocycles. The van der Waals surface area contributed by atoms with Gasteiger partial charge in [-0.15, -0.1) is 11.3 Å². The minimum atomic E-state index is -0.774. The van der Waals surface area contributed by atoms with Crippen LogP contribution in [0.2, 0.25) is 0 Å². The number of thiazole rings is 1. The zero-order valence-electron chi connectivity index (χ0n) is 30.8. The van der Waals surface area contributed by atoms with Crippen molar-refractivity contribution in [1.82, 2.24) is 25.4 Å². The van der Waals surface area contributed by atoms with Gasteiger partial charge in [-0.05, 0) is 69.9 Å². The van der Waals surface area contributed by atoms with E-state index < -0.39 is 18.1 Å². The molecule has 1 saturated carbocycles. The quantitative estimate of drug-likeness (QED) is 0.230. The Hall–Kier alpha value is -3.06. The molecule has 0 bridgehead atoms. The first-order chi connectivity index (χ1) is 23.3. The third-order valence-corrected chi connectivity index (χ3v) is 10.9. The van der Waals surface area contributed by atoms with Crippen LogP contribution >= 0.6 is 11.3 Å². The molecule has 0 unspecified atom stereocenters. The van der Waals surface area contributed by atoms with Crippen LogP contribution in [-0.2, 0) is 28.7 Å². The van der Waals surface area contributed by atoms with Gasteiger partial charge in [-0.25, -0.2) is 4.98 Å². The first kappa shape index (κ1) is 40.4. The highest BCUT2D eigenvalue weighted by molar-refractivity contribution is 7.09. The average molecular weight is 706 g/mol. The SMILES string of the molecule is CCCCN1CCCC[C@@H]1C(=O)N[C@H](C(=O)N(C)[C@H](C[C@@H](OC(C)=O)c1nc(C(=O)NC2CCC(C(=O)OC)CC2)cs1)C(C)C)C(C)C. The maximum absolute atomic E-state index is 14.1. The highest BCUT2D eigenvalue weighted by atomic mass is 32.1. The number of piperidine rings is 1. The summed E-state index contributed by atoms with van der Waals surface area (Å²) < 4.78 is 10.6. The molecule has 2 fully saturated rings. The lowest BCUT2D eigenvalue weighted by atomic mass is 9.86. The van der Waals surface area contributed by atoms with E-state index in [1.807, 2.05) is 27.7 Å². The second-order valence-electron chi connectivity index (χ2n) is 14.3. The summed E-state index contributed by atoms with van der Waals surface area (Å²) in [5, 5.41) is 8.26. The summed E-state index contributed by atoms with van der Waals surface area (Å²) in [4.78, 5) is 73.5. The van der Waals surface area contributed by atoms with Crippen LogP contribution in [0.3, 0.4) is 0 Å². The van der Waals surface area contributed by atoms with E-state index in [-0.39, 0.29) is 71.7 Å². The van der Waals surface area contributed by atoms with Crippen LogP contribution in [0.15, 0.2) is 5.38 Å². The van der Waals surface area contributed by atoms with Gasteiger partial charge in [0.05, 0.1) is 19.1 Å². The van der Waals surface area contributed by atoms with Crippen molar-refractivity contribution in [1.29, 1.82) is 0 Å². The third-order valence-electron chi connectivity index (χ3n) is 9.95. The maximum Gasteiger partial charge on any atom is 0.308 e. The lowest BCUT2D eigenvalue weighted by molar-refractivity contribution is -0.149. The molecule has 2 heterocycles. The predicted octanol–water partition coefficient (Wildman–Crippen LogP) is 4.88. The Bertz CT molecular complexity index is 1260. The van der Waals surface area contributed by atoms with Gasteiger partial charge in [0.1, 0.15) is 16.7 Å². The molecule has 1 aliphatic carbocycles. The van der Waals surface area contributed by atoms with Gasteiger partial charge in [-0.2, -0.15) is 0 Å². The van der Waals surface area contributed by atoms with Crippen molar-refractivity contribution in [2.45, 2.75) is 136 Å². The molecule has 3 amide bonds. The van der Waals surface area contributed by atoms with E-state index in [0.29, 0.717) is 30.7 Å². The molecule has 2 N–H and O–H groups in total. The smallest absolute Gasteiger partial charge is 0.308 e. The van der Waals surface area contributed by atoms with Gasteiger partial charge in [-0.1, -0.05) is 47.5 Å². The number of aromatic nitrogens is 1. The van der Waals surface area contributed by atoms with Gasteiger partial charge in [0.2, 0.25) is 11.8 Å². The fourth-order valence-corrected chi connectivity index (χ4v) is 7.84. The van der Waals surface area contributed by atoms with Gasteiger partial charge < -0.3 is 25.0 Å². The minimum absolute atomic E-state index is 0.0127. The number of carbonyl (C=O) groups is 5. The zero-order chi connectivity index (χ0) is 36.2. The fraction of sp³-hybridized carbons (Fsp3) is 0.778. The molecular weight excluding hydrogens is 646 g/mol. The molecule has 0 radical (unpaired) electrons. The zero-order valence-corrected chi connectivity index (χ0v) is 31.6. The largest absolute Gasteiger partial charge is 0.469 e. The summed E-state index contributed by atoms with van der Waals surface area (Å²) in [5.74, 6) is -1.60. The summed E-state index contributed by atoms with van der Waals surface area (Å²) in [5.41, 5.74) is 0.232. The Morgan fingerprint density at radius 3 is 2.33 bits per heavy atom. The highest BCUT2D eigenvalue weighted by Gasteiger charge is 2.37. The summed E-state index contributed by atoms with van der Waals surface area (Å²) in [6.07, 6.45) is 7.09.